The first-order valence-corrected chi connectivity index (χ1v) is 7.12. The van der Waals surface area contributed by atoms with Crippen molar-refractivity contribution in [3.05, 3.63) is 11.4 Å². The predicted octanol–water partition coefficient (Wildman–Crippen LogP) is 1.16. The van der Waals surface area contributed by atoms with Crippen molar-refractivity contribution in [2.24, 2.45) is 7.05 Å². The number of carbonyl (C=O) groups is 1. The van der Waals surface area contributed by atoms with E-state index in [1.165, 1.54) is 4.68 Å². The number of carbonyl (C=O) groups excluding carboxylic acids is 1. The van der Waals surface area contributed by atoms with Crippen molar-refractivity contribution in [3.63, 3.8) is 0 Å². The second-order valence-corrected chi connectivity index (χ2v) is 5.51. The summed E-state index contributed by atoms with van der Waals surface area (Å²) in [5, 5.41) is 7.04. The third-order valence-electron chi connectivity index (χ3n) is 3.59. The van der Waals surface area contributed by atoms with Crippen molar-refractivity contribution in [3.8, 4) is 0 Å². The second kappa shape index (κ2) is 7.28. The van der Waals surface area contributed by atoms with Gasteiger partial charge in [0, 0.05) is 19.6 Å². The summed E-state index contributed by atoms with van der Waals surface area (Å²) in [6, 6.07) is 0.557. The fourth-order valence-corrected chi connectivity index (χ4v) is 1.97. The highest BCUT2D eigenvalue weighted by atomic mass is 16.2. The van der Waals surface area contributed by atoms with Crippen molar-refractivity contribution in [1.29, 1.82) is 0 Å². The van der Waals surface area contributed by atoms with E-state index in [1.807, 2.05) is 0 Å². The summed E-state index contributed by atoms with van der Waals surface area (Å²) in [5.74, 6) is -0.150. The number of hydrogen-bond acceptors (Lipinski definition) is 4. The molecule has 0 aliphatic heterocycles. The van der Waals surface area contributed by atoms with Crippen LogP contribution in [-0.4, -0.2) is 46.8 Å². The van der Waals surface area contributed by atoms with Crippen LogP contribution in [0.25, 0.3) is 0 Å². The Morgan fingerprint density at radius 2 is 2.10 bits per heavy atom. The van der Waals surface area contributed by atoms with Gasteiger partial charge in [-0.1, -0.05) is 0 Å². The Morgan fingerprint density at radius 1 is 1.45 bits per heavy atom. The van der Waals surface area contributed by atoms with Crippen LogP contribution in [-0.2, 0) is 7.05 Å². The lowest BCUT2D eigenvalue weighted by Gasteiger charge is -2.20. The quantitative estimate of drug-likeness (QED) is 0.735. The van der Waals surface area contributed by atoms with E-state index in [2.05, 4.69) is 36.2 Å². The third kappa shape index (κ3) is 4.23. The van der Waals surface area contributed by atoms with E-state index >= 15 is 0 Å². The van der Waals surface area contributed by atoms with E-state index in [0.717, 1.165) is 19.4 Å². The van der Waals surface area contributed by atoms with Gasteiger partial charge in [-0.15, -0.1) is 0 Å². The molecule has 1 aromatic heterocycles. The van der Waals surface area contributed by atoms with Crippen LogP contribution in [0.4, 0.5) is 5.69 Å². The molecule has 0 fully saturated rings. The fourth-order valence-electron chi connectivity index (χ4n) is 1.97. The molecular formula is C14H27N5O. The number of nitrogen functional groups attached to an aromatic ring is 1. The van der Waals surface area contributed by atoms with Crippen molar-refractivity contribution in [1.82, 2.24) is 20.0 Å². The van der Waals surface area contributed by atoms with Crippen LogP contribution >= 0.6 is 0 Å². The molecule has 0 aliphatic carbocycles. The standard InChI is InChI=1S/C14H27N5O/c1-10(2)18(4)9-7-6-8-16-14(20)13-12(15)11(3)17-19(13)5/h10H,6-9,15H2,1-5H3,(H,16,20). The summed E-state index contributed by atoms with van der Waals surface area (Å²) in [6.07, 6.45) is 2.02. The number of anilines is 1. The molecule has 3 N–H and O–H groups in total. The van der Waals surface area contributed by atoms with Crippen molar-refractivity contribution in [2.75, 3.05) is 25.9 Å². The number of hydrogen-bond donors (Lipinski definition) is 2. The lowest BCUT2D eigenvalue weighted by Crippen LogP contribution is -2.30. The number of amides is 1. The molecule has 0 unspecified atom stereocenters. The van der Waals surface area contributed by atoms with E-state index in [4.69, 9.17) is 5.73 Å². The van der Waals surface area contributed by atoms with E-state index in [9.17, 15) is 4.79 Å². The smallest absolute Gasteiger partial charge is 0.271 e. The minimum absolute atomic E-state index is 0.150. The summed E-state index contributed by atoms with van der Waals surface area (Å²) in [5.41, 5.74) is 7.46. The molecule has 0 atom stereocenters. The number of nitrogens with two attached hydrogens (primary N) is 1. The number of aromatic nitrogens is 2. The van der Waals surface area contributed by atoms with E-state index in [-0.39, 0.29) is 5.91 Å². The maximum atomic E-state index is 12.0. The summed E-state index contributed by atoms with van der Waals surface area (Å²) in [6.45, 7) is 7.85. The zero-order valence-electron chi connectivity index (χ0n) is 13.2. The molecule has 114 valence electrons. The zero-order chi connectivity index (χ0) is 15.3. The van der Waals surface area contributed by atoms with Gasteiger partial charge >= 0.3 is 0 Å². The molecule has 6 nitrogen and oxygen atoms in total. The molecule has 0 bridgehead atoms. The molecule has 1 heterocycles. The largest absolute Gasteiger partial charge is 0.395 e. The summed E-state index contributed by atoms with van der Waals surface area (Å²) in [7, 11) is 3.85. The van der Waals surface area contributed by atoms with Crippen LogP contribution in [0.5, 0.6) is 0 Å². The first-order valence-electron chi connectivity index (χ1n) is 7.12. The Kier molecular flexibility index (Phi) is 6.01. The van der Waals surface area contributed by atoms with E-state index < -0.39 is 0 Å². The molecule has 0 aromatic carbocycles. The van der Waals surface area contributed by atoms with Crippen LogP contribution < -0.4 is 11.1 Å². The maximum Gasteiger partial charge on any atom is 0.271 e. The minimum atomic E-state index is -0.150. The van der Waals surface area contributed by atoms with Gasteiger partial charge in [-0.05, 0) is 47.2 Å². The highest BCUT2D eigenvalue weighted by molar-refractivity contribution is 5.97. The summed E-state index contributed by atoms with van der Waals surface area (Å²) < 4.78 is 1.53. The first kappa shape index (κ1) is 16.5. The van der Waals surface area contributed by atoms with Crippen LogP contribution in [0.2, 0.25) is 0 Å². The fraction of sp³-hybridized carbons (Fsp3) is 0.714. The van der Waals surface area contributed by atoms with Gasteiger partial charge in [-0.25, -0.2) is 0 Å². The Morgan fingerprint density at radius 3 is 2.60 bits per heavy atom. The number of nitrogens with one attached hydrogen (secondary N) is 1. The third-order valence-corrected chi connectivity index (χ3v) is 3.59. The lowest BCUT2D eigenvalue weighted by molar-refractivity contribution is 0.0944. The van der Waals surface area contributed by atoms with Crippen molar-refractivity contribution >= 4 is 11.6 Å². The molecular weight excluding hydrogens is 254 g/mol. The average molecular weight is 281 g/mol. The van der Waals surface area contributed by atoms with Gasteiger partial charge < -0.3 is 16.0 Å². The molecule has 1 aromatic rings. The van der Waals surface area contributed by atoms with Gasteiger partial charge in [0.1, 0.15) is 5.69 Å². The second-order valence-electron chi connectivity index (χ2n) is 5.51. The van der Waals surface area contributed by atoms with Gasteiger partial charge in [0.05, 0.1) is 11.4 Å². The number of unbranched alkanes of at least 4 members (excludes halogenated alkanes) is 1. The SMILES string of the molecule is Cc1nn(C)c(C(=O)NCCCCN(C)C(C)C)c1N. The molecule has 0 radical (unpaired) electrons. The summed E-state index contributed by atoms with van der Waals surface area (Å²) >= 11 is 0. The molecule has 0 saturated heterocycles. The molecule has 0 saturated carbocycles. The molecule has 0 spiro atoms. The van der Waals surface area contributed by atoms with Crippen LogP contribution in [0.15, 0.2) is 0 Å². The van der Waals surface area contributed by atoms with Crippen molar-refractivity contribution < 1.29 is 4.79 Å². The highest BCUT2D eigenvalue weighted by Crippen LogP contribution is 2.14. The Bertz CT molecular complexity index is 453. The first-order chi connectivity index (χ1) is 9.34. The van der Waals surface area contributed by atoms with Gasteiger partial charge in [0.15, 0.2) is 0 Å². The van der Waals surface area contributed by atoms with E-state index in [1.54, 1.807) is 14.0 Å². The minimum Gasteiger partial charge on any atom is -0.395 e. The maximum absolute atomic E-state index is 12.0. The van der Waals surface area contributed by atoms with Crippen LogP contribution in [0, 0.1) is 6.92 Å². The molecule has 0 aliphatic rings. The van der Waals surface area contributed by atoms with Gasteiger partial charge in [-0.3, -0.25) is 9.48 Å². The number of nitrogens with zero attached hydrogens (tertiary/aromatic N) is 3. The predicted molar refractivity (Wildman–Crippen MR) is 81.7 cm³/mol. The van der Waals surface area contributed by atoms with E-state index in [0.29, 0.717) is 29.7 Å². The number of rotatable bonds is 7. The highest BCUT2D eigenvalue weighted by Gasteiger charge is 2.17. The topological polar surface area (TPSA) is 76.2 Å². The normalized spacial score (nSPS) is 11.3. The van der Waals surface area contributed by atoms with Crippen molar-refractivity contribution in [2.45, 2.75) is 39.7 Å². The zero-order valence-corrected chi connectivity index (χ0v) is 13.2. The lowest BCUT2D eigenvalue weighted by atomic mass is 10.2. The number of aryl methyl sites for hydroxylation is 2. The Hall–Kier alpha value is -1.56. The van der Waals surface area contributed by atoms with Crippen LogP contribution in [0.3, 0.4) is 0 Å². The molecule has 20 heavy (non-hydrogen) atoms. The molecule has 6 heteroatoms. The van der Waals surface area contributed by atoms with Gasteiger partial charge in [0.25, 0.3) is 5.91 Å². The summed E-state index contributed by atoms with van der Waals surface area (Å²) in [4.78, 5) is 14.3. The van der Waals surface area contributed by atoms with Gasteiger partial charge in [-0.2, -0.15) is 5.10 Å². The Labute approximate surface area is 121 Å². The monoisotopic (exact) mass is 281 g/mol. The van der Waals surface area contributed by atoms with Gasteiger partial charge in [0.2, 0.25) is 0 Å². The van der Waals surface area contributed by atoms with Crippen LogP contribution in [0.1, 0.15) is 42.9 Å². The molecule has 1 rings (SSSR count). The Balaban J connectivity index is 2.34. The average Bonchev–Trinajstić information content (AvgIpc) is 2.62. The molecule has 1 amide bonds.